The lowest BCUT2D eigenvalue weighted by molar-refractivity contribution is 0.139. The van der Waals surface area contributed by atoms with Crippen LogP contribution in [0.2, 0.25) is 0 Å². The van der Waals surface area contributed by atoms with E-state index >= 15 is 0 Å². The molecule has 0 fully saturated rings. The summed E-state index contributed by atoms with van der Waals surface area (Å²) in [7, 11) is 3.44. The summed E-state index contributed by atoms with van der Waals surface area (Å²) in [5.41, 5.74) is 0. The molecule has 0 aliphatic rings. The minimum Gasteiger partial charge on any atom is -0.305 e. The van der Waals surface area contributed by atoms with Crippen LogP contribution in [0, 0.1) is 0 Å². The molecule has 72 valence electrons. The summed E-state index contributed by atoms with van der Waals surface area (Å²) >= 11 is 0. The van der Waals surface area contributed by atoms with E-state index in [0.717, 1.165) is 17.2 Å². The van der Waals surface area contributed by atoms with Crippen LogP contribution in [0.25, 0.3) is 0 Å². The Kier molecular flexibility index (Phi) is 6.01. The van der Waals surface area contributed by atoms with Crippen LogP contribution in [0.15, 0.2) is 29.4 Å². The van der Waals surface area contributed by atoms with Crippen molar-refractivity contribution in [3.63, 3.8) is 0 Å². The molecule has 1 aromatic heterocycles. The van der Waals surface area contributed by atoms with Crippen LogP contribution < -0.4 is 5.90 Å². The molecule has 1 heterocycles. The minimum atomic E-state index is 0.621. The van der Waals surface area contributed by atoms with Crippen molar-refractivity contribution in [1.29, 1.82) is 0 Å². The Balaban J connectivity index is 2.07. The zero-order valence-corrected chi connectivity index (χ0v) is 8.81. The van der Waals surface area contributed by atoms with Gasteiger partial charge in [0.05, 0.1) is 6.61 Å². The molecule has 0 aliphatic carbocycles. The van der Waals surface area contributed by atoms with Gasteiger partial charge in [-0.05, 0) is 29.3 Å². The summed E-state index contributed by atoms with van der Waals surface area (Å²) in [5.74, 6) is 5.92. The van der Waals surface area contributed by atoms with Gasteiger partial charge in [-0.25, -0.2) is 10.9 Å². The molecule has 0 unspecified atom stereocenters. The van der Waals surface area contributed by atoms with Gasteiger partial charge < -0.3 is 4.84 Å². The Morgan fingerprint density at radius 3 is 3.08 bits per heavy atom. The molecule has 3 nitrogen and oxygen atoms in total. The number of nitrogens with zero attached hydrogens (tertiary/aromatic N) is 1. The third-order valence-electron chi connectivity index (χ3n) is 1.27. The van der Waals surface area contributed by atoms with E-state index in [1.165, 1.54) is 0 Å². The van der Waals surface area contributed by atoms with E-state index in [2.05, 4.69) is 9.82 Å². The molecule has 5 heteroatoms. The van der Waals surface area contributed by atoms with Crippen LogP contribution in [-0.4, -0.2) is 17.3 Å². The first-order chi connectivity index (χ1) is 6.43. The zero-order chi connectivity index (χ0) is 9.36. The molecule has 0 atom stereocenters. The molecule has 0 radical (unpaired) electrons. The second-order valence-corrected chi connectivity index (χ2v) is 4.73. The quantitative estimate of drug-likeness (QED) is 0.448. The number of aromatic nitrogens is 1. The highest BCUT2D eigenvalue weighted by Crippen LogP contribution is 2.29. The van der Waals surface area contributed by atoms with E-state index in [9.17, 15) is 0 Å². The maximum atomic E-state index is 4.89. The molecule has 0 amide bonds. The maximum absolute atomic E-state index is 4.89. The third kappa shape index (κ3) is 5.15. The highest BCUT2D eigenvalue weighted by atomic mass is 33.1. The molecule has 13 heavy (non-hydrogen) atoms. The summed E-state index contributed by atoms with van der Waals surface area (Å²) in [6.45, 7) is 0.621. The Labute approximate surface area is 85.8 Å². The fraction of sp³-hybridized carbons (Fsp3) is 0.375. The second-order valence-electron chi connectivity index (χ2n) is 2.30. The molecule has 0 aliphatic heterocycles. The largest absolute Gasteiger partial charge is 0.305 e. The van der Waals surface area contributed by atoms with E-state index < -0.39 is 0 Å². The summed E-state index contributed by atoms with van der Waals surface area (Å²) in [6, 6.07) is 5.90. The van der Waals surface area contributed by atoms with Gasteiger partial charge >= 0.3 is 0 Å². The Hall–Kier alpha value is -0.230. The van der Waals surface area contributed by atoms with E-state index in [1.54, 1.807) is 27.8 Å². The van der Waals surface area contributed by atoms with Crippen molar-refractivity contribution in [2.75, 3.05) is 12.4 Å². The van der Waals surface area contributed by atoms with E-state index in [0.29, 0.717) is 6.61 Å². The van der Waals surface area contributed by atoms with Crippen molar-refractivity contribution in [2.45, 2.75) is 11.4 Å². The smallest absolute Gasteiger partial charge is 0.106 e. The lowest BCUT2D eigenvalue weighted by Gasteiger charge is -1.98. The van der Waals surface area contributed by atoms with Crippen molar-refractivity contribution in [3.8, 4) is 0 Å². The van der Waals surface area contributed by atoms with Crippen LogP contribution >= 0.6 is 21.6 Å². The molecule has 0 spiro atoms. The van der Waals surface area contributed by atoms with E-state index in [-0.39, 0.29) is 0 Å². The number of pyridine rings is 1. The van der Waals surface area contributed by atoms with Crippen LogP contribution in [0.5, 0.6) is 0 Å². The van der Waals surface area contributed by atoms with Gasteiger partial charge in [0.2, 0.25) is 0 Å². The first kappa shape index (κ1) is 10.8. The Bertz CT molecular complexity index is 221. The van der Waals surface area contributed by atoms with Crippen molar-refractivity contribution < 1.29 is 4.84 Å². The van der Waals surface area contributed by atoms with Crippen molar-refractivity contribution >= 4 is 21.6 Å². The van der Waals surface area contributed by atoms with Gasteiger partial charge in [0.1, 0.15) is 5.03 Å². The molecule has 0 bridgehead atoms. The summed E-state index contributed by atoms with van der Waals surface area (Å²) in [5, 5.41) is 1.04. The van der Waals surface area contributed by atoms with E-state index in [1.807, 2.05) is 18.2 Å². The second kappa shape index (κ2) is 7.20. The van der Waals surface area contributed by atoms with Gasteiger partial charge in [0, 0.05) is 11.9 Å². The normalized spacial score (nSPS) is 10.2. The molecular weight excluding hydrogens is 204 g/mol. The third-order valence-corrected chi connectivity index (χ3v) is 3.62. The van der Waals surface area contributed by atoms with Crippen LogP contribution in [0.1, 0.15) is 6.42 Å². The molecule has 1 rings (SSSR count). The molecular formula is C8H12N2OS2. The fourth-order valence-electron chi connectivity index (χ4n) is 0.700. The highest BCUT2D eigenvalue weighted by molar-refractivity contribution is 8.76. The predicted octanol–water partition coefficient (Wildman–Crippen LogP) is 2.10. The van der Waals surface area contributed by atoms with Gasteiger partial charge in [-0.1, -0.05) is 16.9 Å². The van der Waals surface area contributed by atoms with Crippen molar-refractivity contribution in [1.82, 2.24) is 4.98 Å². The van der Waals surface area contributed by atoms with Gasteiger partial charge in [0.15, 0.2) is 0 Å². The monoisotopic (exact) mass is 216 g/mol. The first-order valence-corrected chi connectivity index (χ1v) is 6.27. The molecule has 2 N–H and O–H groups in total. The SMILES string of the molecule is NOCCCSSc1ccccn1. The number of rotatable bonds is 6. The fourth-order valence-corrected chi connectivity index (χ4v) is 2.64. The summed E-state index contributed by atoms with van der Waals surface area (Å²) in [6.07, 6.45) is 2.77. The van der Waals surface area contributed by atoms with Crippen molar-refractivity contribution in [3.05, 3.63) is 24.4 Å². The van der Waals surface area contributed by atoms with Crippen LogP contribution in [-0.2, 0) is 4.84 Å². The Morgan fingerprint density at radius 1 is 1.46 bits per heavy atom. The average Bonchev–Trinajstić information content (AvgIpc) is 2.19. The van der Waals surface area contributed by atoms with Crippen molar-refractivity contribution in [2.24, 2.45) is 5.90 Å². The number of hydrogen-bond acceptors (Lipinski definition) is 5. The van der Waals surface area contributed by atoms with Gasteiger partial charge in [-0.15, -0.1) is 0 Å². The van der Waals surface area contributed by atoms with Gasteiger partial charge in [-0.2, -0.15) is 0 Å². The summed E-state index contributed by atoms with van der Waals surface area (Å²) in [4.78, 5) is 8.64. The van der Waals surface area contributed by atoms with Crippen LogP contribution in [0.3, 0.4) is 0 Å². The minimum absolute atomic E-state index is 0.621. The number of nitrogens with two attached hydrogens (primary N) is 1. The highest BCUT2D eigenvalue weighted by Gasteiger charge is 1.94. The van der Waals surface area contributed by atoms with Crippen LogP contribution in [0.4, 0.5) is 0 Å². The maximum Gasteiger partial charge on any atom is 0.106 e. The lowest BCUT2D eigenvalue weighted by atomic mass is 10.5. The molecule has 0 saturated heterocycles. The zero-order valence-electron chi connectivity index (χ0n) is 7.18. The lowest BCUT2D eigenvalue weighted by Crippen LogP contribution is -2.00. The predicted molar refractivity (Wildman–Crippen MR) is 57.3 cm³/mol. The average molecular weight is 216 g/mol. The van der Waals surface area contributed by atoms with Gasteiger partial charge in [-0.3, -0.25) is 0 Å². The standard InChI is InChI=1S/C8H12N2OS2/c9-11-6-3-7-12-13-8-4-1-2-5-10-8/h1-2,4-5H,3,6-7,9H2. The molecule has 1 aromatic rings. The molecule has 0 aromatic carbocycles. The Morgan fingerprint density at radius 2 is 2.38 bits per heavy atom. The topological polar surface area (TPSA) is 48.1 Å². The van der Waals surface area contributed by atoms with E-state index in [4.69, 9.17) is 5.90 Å². The number of hydrogen-bond donors (Lipinski definition) is 1. The van der Waals surface area contributed by atoms with Gasteiger partial charge in [0.25, 0.3) is 0 Å². The first-order valence-electron chi connectivity index (χ1n) is 3.95. The molecule has 0 saturated carbocycles. The summed E-state index contributed by atoms with van der Waals surface area (Å²) < 4.78 is 0.